The van der Waals surface area contributed by atoms with Crippen molar-refractivity contribution in [2.75, 3.05) is 7.11 Å². The predicted octanol–water partition coefficient (Wildman–Crippen LogP) is 4.32. The highest BCUT2D eigenvalue weighted by Crippen LogP contribution is 2.32. The Labute approximate surface area is 112 Å². The van der Waals surface area contributed by atoms with Crippen LogP contribution in [0.3, 0.4) is 0 Å². The lowest BCUT2D eigenvalue weighted by atomic mass is 9.94. The van der Waals surface area contributed by atoms with Crippen LogP contribution in [0.5, 0.6) is 5.75 Å². The third-order valence-corrected chi connectivity index (χ3v) is 3.45. The second-order valence-electron chi connectivity index (χ2n) is 4.53. The molecule has 0 bridgehead atoms. The maximum atomic E-state index is 10.2. The molecule has 1 N–H and O–H groups in total. The molecule has 0 aromatic heterocycles. The minimum atomic E-state index is -0.445. The normalized spacial score (nSPS) is 14.4. The van der Waals surface area contributed by atoms with E-state index in [0.717, 1.165) is 35.0 Å². The summed E-state index contributed by atoms with van der Waals surface area (Å²) in [5.74, 6) is 1.28. The third-order valence-electron chi connectivity index (χ3n) is 2.96. The summed E-state index contributed by atoms with van der Waals surface area (Å²) in [5.41, 5.74) is 0.874. The lowest BCUT2D eigenvalue weighted by Crippen LogP contribution is -2.06. The molecule has 0 heterocycles. The van der Waals surface area contributed by atoms with Crippen LogP contribution in [0.25, 0.3) is 0 Å². The van der Waals surface area contributed by atoms with Gasteiger partial charge in [-0.2, -0.15) is 0 Å². The SMILES string of the molecule is CCCC(C)CC(O)c1ccc(Br)cc1OC. The number of rotatable bonds is 6. The monoisotopic (exact) mass is 300 g/mol. The van der Waals surface area contributed by atoms with Crippen LogP contribution in [0.2, 0.25) is 0 Å². The Morgan fingerprint density at radius 1 is 1.41 bits per heavy atom. The van der Waals surface area contributed by atoms with E-state index in [4.69, 9.17) is 4.74 Å². The van der Waals surface area contributed by atoms with Gasteiger partial charge in [-0.1, -0.05) is 48.7 Å². The lowest BCUT2D eigenvalue weighted by molar-refractivity contribution is 0.141. The van der Waals surface area contributed by atoms with Crippen molar-refractivity contribution in [1.29, 1.82) is 0 Å². The first-order valence-electron chi connectivity index (χ1n) is 6.10. The van der Waals surface area contributed by atoms with Gasteiger partial charge in [-0.3, -0.25) is 0 Å². The average molecular weight is 301 g/mol. The summed E-state index contributed by atoms with van der Waals surface area (Å²) in [4.78, 5) is 0. The van der Waals surface area contributed by atoms with Crippen LogP contribution in [-0.2, 0) is 0 Å². The molecule has 0 saturated heterocycles. The number of hydrogen-bond acceptors (Lipinski definition) is 2. The topological polar surface area (TPSA) is 29.5 Å². The van der Waals surface area contributed by atoms with Crippen molar-refractivity contribution in [3.63, 3.8) is 0 Å². The van der Waals surface area contributed by atoms with Crippen LogP contribution >= 0.6 is 15.9 Å². The van der Waals surface area contributed by atoms with Crippen molar-refractivity contribution < 1.29 is 9.84 Å². The van der Waals surface area contributed by atoms with E-state index in [-0.39, 0.29) is 0 Å². The molecule has 0 fully saturated rings. The number of benzene rings is 1. The van der Waals surface area contributed by atoms with Crippen molar-refractivity contribution in [2.24, 2.45) is 5.92 Å². The molecule has 0 radical (unpaired) electrons. The van der Waals surface area contributed by atoms with Crippen molar-refractivity contribution in [3.05, 3.63) is 28.2 Å². The number of ether oxygens (including phenoxy) is 1. The van der Waals surface area contributed by atoms with Crippen molar-refractivity contribution >= 4 is 15.9 Å². The first-order chi connectivity index (χ1) is 8.08. The van der Waals surface area contributed by atoms with E-state index in [1.165, 1.54) is 0 Å². The number of aliphatic hydroxyl groups is 1. The quantitative estimate of drug-likeness (QED) is 0.848. The minimum Gasteiger partial charge on any atom is -0.496 e. The summed E-state index contributed by atoms with van der Waals surface area (Å²) in [6, 6.07) is 5.75. The summed E-state index contributed by atoms with van der Waals surface area (Å²) in [6.07, 6.45) is 2.65. The smallest absolute Gasteiger partial charge is 0.125 e. The summed E-state index contributed by atoms with van der Waals surface area (Å²) >= 11 is 3.40. The van der Waals surface area contributed by atoms with E-state index in [2.05, 4.69) is 29.8 Å². The second kappa shape index (κ2) is 7.02. The third kappa shape index (κ3) is 4.32. The number of hydrogen-bond donors (Lipinski definition) is 1. The van der Waals surface area contributed by atoms with Crippen molar-refractivity contribution in [2.45, 2.75) is 39.2 Å². The number of halogens is 1. The molecule has 0 spiro atoms. The standard InChI is InChI=1S/C14H21BrO2/c1-4-5-10(2)8-13(16)12-7-6-11(15)9-14(12)17-3/h6-7,9-10,13,16H,4-5,8H2,1-3H3. The Hall–Kier alpha value is -0.540. The molecule has 0 amide bonds. The van der Waals surface area contributed by atoms with Gasteiger partial charge >= 0.3 is 0 Å². The van der Waals surface area contributed by atoms with Gasteiger partial charge in [-0.25, -0.2) is 0 Å². The highest BCUT2D eigenvalue weighted by Gasteiger charge is 2.16. The lowest BCUT2D eigenvalue weighted by Gasteiger charge is -2.18. The Balaban J connectivity index is 2.77. The molecule has 1 aromatic rings. The summed E-state index contributed by atoms with van der Waals surface area (Å²) in [6.45, 7) is 4.35. The van der Waals surface area contributed by atoms with E-state index >= 15 is 0 Å². The first kappa shape index (κ1) is 14.5. The van der Waals surface area contributed by atoms with Crippen molar-refractivity contribution in [3.8, 4) is 5.75 Å². The molecular weight excluding hydrogens is 280 g/mol. The second-order valence-corrected chi connectivity index (χ2v) is 5.45. The van der Waals surface area contributed by atoms with Crippen LogP contribution in [-0.4, -0.2) is 12.2 Å². The fourth-order valence-electron chi connectivity index (χ4n) is 2.08. The van der Waals surface area contributed by atoms with Gasteiger partial charge in [-0.05, 0) is 24.5 Å². The van der Waals surface area contributed by atoms with Crippen LogP contribution in [0.4, 0.5) is 0 Å². The maximum absolute atomic E-state index is 10.2. The molecule has 1 aromatic carbocycles. The van der Waals surface area contributed by atoms with Crippen molar-refractivity contribution in [1.82, 2.24) is 0 Å². The van der Waals surface area contributed by atoms with Crippen LogP contribution in [0, 0.1) is 5.92 Å². The van der Waals surface area contributed by atoms with Gasteiger partial charge in [0.2, 0.25) is 0 Å². The zero-order chi connectivity index (χ0) is 12.8. The predicted molar refractivity (Wildman–Crippen MR) is 74.3 cm³/mol. The Bertz CT molecular complexity index is 352. The Kier molecular flexibility index (Phi) is 6.00. The van der Waals surface area contributed by atoms with Crippen LogP contribution in [0.1, 0.15) is 44.8 Å². The number of methoxy groups -OCH3 is 1. The molecule has 96 valence electrons. The zero-order valence-electron chi connectivity index (χ0n) is 10.7. The Morgan fingerprint density at radius 3 is 2.71 bits per heavy atom. The van der Waals surface area contributed by atoms with E-state index < -0.39 is 6.10 Å². The van der Waals surface area contributed by atoms with E-state index in [1.807, 2.05) is 18.2 Å². The summed E-state index contributed by atoms with van der Waals surface area (Å²) < 4.78 is 6.26. The van der Waals surface area contributed by atoms with Gasteiger partial charge in [0.1, 0.15) is 5.75 Å². The van der Waals surface area contributed by atoms with E-state index in [1.54, 1.807) is 7.11 Å². The fraction of sp³-hybridized carbons (Fsp3) is 0.571. The first-order valence-corrected chi connectivity index (χ1v) is 6.89. The average Bonchev–Trinajstić information content (AvgIpc) is 2.28. The molecule has 2 unspecified atom stereocenters. The Morgan fingerprint density at radius 2 is 2.12 bits per heavy atom. The van der Waals surface area contributed by atoms with Crippen LogP contribution in [0.15, 0.2) is 22.7 Å². The largest absolute Gasteiger partial charge is 0.496 e. The summed E-state index contributed by atoms with van der Waals surface area (Å²) in [7, 11) is 1.63. The number of aliphatic hydroxyl groups excluding tert-OH is 1. The maximum Gasteiger partial charge on any atom is 0.125 e. The van der Waals surface area contributed by atoms with Gasteiger partial charge in [0.15, 0.2) is 0 Å². The highest BCUT2D eigenvalue weighted by atomic mass is 79.9. The fourth-order valence-corrected chi connectivity index (χ4v) is 2.42. The molecular formula is C14H21BrO2. The van der Waals surface area contributed by atoms with E-state index in [0.29, 0.717) is 5.92 Å². The van der Waals surface area contributed by atoms with Gasteiger partial charge < -0.3 is 9.84 Å². The zero-order valence-corrected chi connectivity index (χ0v) is 12.3. The molecule has 0 saturated carbocycles. The molecule has 0 aliphatic rings. The van der Waals surface area contributed by atoms with Gasteiger partial charge in [0.25, 0.3) is 0 Å². The highest BCUT2D eigenvalue weighted by molar-refractivity contribution is 9.10. The van der Waals surface area contributed by atoms with E-state index in [9.17, 15) is 5.11 Å². The molecule has 17 heavy (non-hydrogen) atoms. The molecule has 1 rings (SSSR count). The summed E-state index contributed by atoms with van der Waals surface area (Å²) in [5, 5.41) is 10.2. The van der Waals surface area contributed by atoms with Gasteiger partial charge in [-0.15, -0.1) is 0 Å². The molecule has 2 nitrogen and oxygen atoms in total. The molecule has 0 aliphatic heterocycles. The minimum absolute atomic E-state index is 0.445. The van der Waals surface area contributed by atoms with Gasteiger partial charge in [0, 0.05) is 10.0 Å². The molecule has 2 atom stereocenters. The molecule has 0 aliphatic carbocycles. The van der Waals surface area contributed by atoms with Crippen LogP contribution < -0.4 is 4.74 Å². The molecule has 3 heteroatoms. The van der Waals surface area contributed by atoms with Gasteiger partial charge in [0.05, 0.1) is 13.2 Å².